The predicted molar refractivity (Wildman–Crippen MR) is 89.5 cm³/mol. The van der Waals surface area contributed by atoms with Gasteiger partial charge in [-0.15, -0.1) is 11.3 Å². The van der Waals surface area contributed by atoms with Crippen molar-refractivity contribution in [2.45, 2.75) is 19.3 Å². The fraction of sp³-hybridized carbons (Fsp3) is 0.235. The minimum absolute atomic E-state index is 0.000000000000000444. The average molecular weight is 328 g/mol. The van der Waals surface area contributed by atoms with Crippen molar-refractivity contribution in [2.75, 3.05) is 0 Å². The summed E-state index contributed by atoms with van der Waals surface area (Å²) >= 11 is 1.51. The molecule has 5 nitrogen and oxygen atoms in total. The number of thiazole rings is 1. The van der Waals surface area contributed by atoms with Crippen molar-refractivity contribution in [1.82, 2.24) is 9.97 Å². The first-order valence-corrected chi connectivity index (χ1v) is 8.22. The van der Waals surface area contributed by atoms with E-state index in [1.54, 1.807) is 24.1 Å². The van der Waals surface area contributed by atoms with Gasteiger partial charge >= 0.3 is 5.97 Å². The van der Waals surface area contributed by atoms with E-state index in [1.807, 2.05) is 18.2 Å². The molecule has 0 radical (unpaired) electrons. The number of hydrogen-bond donors (Lipinski definition) is 2. The van der Waals surface area contributed by atoms with Crippen LogP contribution >= 0.6 is 11.3 Å². The molecule has 0 saturated heterocycles. The van der Waals surface area contributed by atoms with Gasteiger partial charge in [-0.1, -0.05) is 12.5 Å². The van der Waals surface area contributed by atoms with E-state index in [0.717, 1.165) is 40.5 Å². The Labute approximate surface area is 137 Å². The number of nitrogens with zero attached hydrogens (tertiary/aromatic N) is 2. The van der Waals surface area contributed by atoms with E-state index >= 15 is 0 Å². The average Bonchev–Trinajstić information content (AvgIpc) is 3.00. The summed E-state index contributed by atoms with van der Waals surface area (Å²) in [7, 11) is 0. The molecule has 0 aliphatic heterocycles. The topological polar surface area (TPSA) is 83.3 Å². The van der Waals surface area contributed by atoms with Crippen LogP contribution < -0.4 is 0 Å². The lowest BCUT2D eigenvalue weighted by atomic mass is 9.86. The largest absolute Gasteiger partial charge is 0.507 e. The monoisotopic (exact) mass is 328 g/mol. The van der Waals surface area contributed by atoms with Crippen LogP contribution in [0.4, 0.5) is 0 Å². The molecule has 2 heterocycles. The van der Waals surface area contributed by atoms with Crippen molar-refractivity contribution in [1.29, 1.82) is 0 Å². The molecule has 118 valence electrons. The molecule has 4 rings (SSSR count). The van der Waals surface area contributed by atoms with E-state index in [1.165, 1.54) is 11.3 Å². The first-order valence-electron chi connectivity index (χ1n) is 7.34. The smallest absolute Gasteiger partial charge is 0.306 e. The van der Waals surface area contributed by atoms with Gasteiger partial charge in [-0.25, -0.2) is 0 Å². The van der Waals surface area contributed by atoms with Crippen molar-refractivity contribution in [2.24, 2.45) is 5.92 Å². The molecule has 1 saturated carbocycles. The molecule has 0 bridgehead atoms. The Bertz CT molecular complexity index is 814. The SMILES string of the molecule is O=C(O)C1CCC1.Oc1c(-c2cncs2)ccc2cnccc12. The lowest BCUT2D eigenvalue weighted by Crippen LogP contribution is -2.20. The second kappa shape index (κ2) is 6.75. The molecular weight excluding hydrogens is 312 g/mol. The number of rotatable bonds is 2. The number of carbonyl (C=O) groups is 1. The van der Waals surface area contributed by atoms with Gasteiger partial charge in [0.15, 0.2) is 0 Å². The molecule has 2 N–H and O–H groups in total. The van der Waals surface area contributed by atoms with Gasteiger partial charge in [0.1, 0.15) is 5.75 Å². The molecule has 1 aliphatic rings. The molecule has 1 aliphatic carbocycles. The lowest BCUT2D eigenvalue weighted by molar-refractivity contribution is -0.144. The molecule has 1 fully saturated rings. The molecule has 6 heteroatoms. The first-order chi connectivity index (χ1) is 11.2. The number of carboxylic acid groups (broad SMARTS) is 1. The molecule has 23 heavy (non-hydrogen) atoms. The fourth-order valence-corrected chi connectivity index (χ4v) is 3.00. The van der Waals surface area contributed by atoms with Crippen molar-refractivity contribution >= 4 is 28.1 Å². The Hall–Kier alpha value is -2.47. The minimum atomic E-state index is -0.619. The fourth-order valence-electron chi connectivity index (χ4n) is 2.36. The first kappa shape index (κ1) is 15.4. The molecule has 0 unspecified atom stereocenters. The van der Waals surface area contributed by atoms with Crippen LogP contribution in [0.15, 0.2) is 42.3 Å². The number of aliphatic carboxylic acids is 1. The van der Waals surface area contributed by atoms with Gasteiger partial charge in [0.2, 0.25) is 0 Å². The second-order valence-electron chi connectivity index (χ2n) is 5.39. The zero-order valence-corrected chi connectivity index (χ0v) is 13.2. The van der Waals surface area contributed by atoms with Crippen LogP contribution in [0.25, 0.3) is 21.2 Å². The van der Waals surface area contributed by atoms with E-state index in [0.29, 0.717) is 5.75 Å². The van der Waals surface area contributed by atoms with Crippen LogP contribution in [0.5, 0.6) is 5.75 Å². The van der Waals surface area contributed by atoms with Crippen LogP contribution in [0.1, 0.15) is 19.3 Å². The molecule has 0 atom stereocenters. The third-order valence-corrected chi connectivity index (χ3v) is 4.75. The summed E-state index contributed by atoms with van der Waals surface area (Å²) in [6.45, 7) is 0. The Morgan fingerprint density at radius 3 is 2.57 bits per heavy atom. The van der Waals surface area contributed by atoms with Gasteiger partial charge in [-0.3, -0.25) is 14.8 Å². The number of phenolic OH excluding ortho intramolecular Hbond substituents is 1. The summed E-state index contributed by atoms with van der Waals surface area (Å²) in [5.74, 6) is -0.324. The van der Waals surface area contributed by atoms with Gasteiger partial charge < -0.3 is 10.2 Å². The van der Waals surface area contributed by atoms with Crippen molar-refractivity contribution in [3.8, 4) is 16.2 Å². The van der Waals surface area contributed by atoms with Crippen LogP contribution in [-0.4, -0.2) is 26.2 Å². The molecule has 1 aromatic carbocycles. The van der Waals surface area contributed by atoms with Crippen LogP contribution in [-0.2, 0) is 4.79 Å². The molecule has 0 spiro atoms. The summed E-state index contributed by atoms with van der Waals surface area (Å²) in [6.07, 6.45) is 8.08. The van der Waals surface area contributed by atoms with Crippen LogP contribution in [0.2, 0.25) is 0 Å². The molecule has 0 amide bonds. The maximum atomic E-state index is 10.2. The summed E-state index contributed by atoms with van der Waals surface area (Å²) < 4.78 is 0. The number of carboxylic acids is 1. The van der Waals surface area contributed by atoms with E-state index in [9.17, 15) is 9.90 Å². The third-order valence-electron chi connectivity index (χ3n) is 3.94. The number of aromatic nitrogens is 2. The number of fused-ring (bicyclic) bond motifs is 1. The molecule has 3 aromatic rings. The highest BCUT2D eigenvalue weighted by Gasteiger charge is 2.23. The maximum absolute atomic E-state index is 10.2. The predicted octanol–water partition coefficient (Wildman–Crippen LogP) is 3.94. The van der Waals surface area contributed by atoms with Gasteiger partial charge in [0.25, 0.3) is 0 Å². The van der Waals surface area contributed by atoms with Crippen LogP contribution in [0.3, 0.4) is 0 Å². The zero-order valence-electron chi connectivity index (χ0n) is 12.3. The maximum Gasteiger partial charge on any atom is 0.306 e. The summed E-state index contributed by atoms with van der Waals surface area (Å²) in [6, 6.07) is 5.67. The third kappa shape index (κ3) is 3.32. The Morgan fingerprint density at radius 1 is 1.17 bits per heavy atom. The van der Waals surface area contributed by atoms with Crippen molar-refractivity contribution in [3.63, 3.8) is 0 Å². The van der Waals surface area contributed by atoms with Crippen molar-refractivity contribution < 1.29 is 15.0 Å². The number of aromatic hydroxyl groups is 1. The molecule has 2 aromatic heterocycles. The number of benzene rings is 1. The van der Waals surface area contributed by atoms with E-state index in [4.69, 9.17) is 5.11 Å². The molecular formula is C17H16N2O3S. The highest BCUT2D eigenvalue weighted by molar-refractivity contribution is 7.13. The highest BCUT2D eigenvalue weighted by atomic mass is 32.1. The standard InChI is InChI=1S/C12H8N2OS.C5H8O2/c15-12-9-3-4-13-5-8(9)1-2-10(12)11-6-14-7-16-11;6-5(7)4-2-1-3-4/h1-7,15H;4H,1-3H2,(H,6,7). The van der Waals surface area contributed by atoms with E-state index in [-0.39, 0.29) is 5.92 Å². The van der Waals surface area contributed by atoms with Gasteiger partial charge in [0, 0.05) is 34.9 Å². The minimum Gasteiger partial charge on any atom is -0.507 e. The zero-order chi connectivity index (χ0) is 16.2. The van der Waals surface area contributed by atoms with Gasteiger partial charge in [-0.2, -0.15) is 0 Å². The number of pyridine rings is 1. The van der Waals surface area contributed by atoms with Crippen LogP contribution in [0, 0.1) is 5.92 Å². The van der Waals surface area contributed by atoms with Gasteiger partial charge in [-0.05, 0) is 25.0 Å². The van der Waals surface area contributed by atoms with Gasteiger partial charge in [0.05, 0.1) is 16.3 Å². The lowest BCUT2D eigenvalue weighted by Gasteiger charge is -2.19. The Kier molecular flexibility index (Phi) is 4.52. The normalized spacial score (nSPS) is 13.9. The number of phenols is 1. The highest BCUT2D eigenvalue weighted by Crippen LogP contribution is 2.36. The number of hydrogen-bond acceptors (Lipinski definition) is 5. The Balaban J connectivity index is 0.000000188. The quantitative estimate of drug-likeness (QED) is 0.744. The summed E-state index contributed by atoms with van der Waals surface area (Å²) in [5.41, 5.74) is 2.58. The summed E-state index contributed by atoms with van der Waals surface area (Å²) in [5, 5.41) is 20.2. The second-order valence-corrected chi connectivity index (χ2v) is 6.28. The van der Waals surface area contributed by atoms with Crippen molar-refractivity contribution in [3.05, 3.63) is 42.3 Å². The van der Waals surface area contributed by atoms with E-state index in [2.05, 4.69) is 9.97 Å². The summed E-state index contributed by atoms with van der Waals surface area (Å²) in [4.78, 5) is 19.0. The Morgan fingerprint density at radius 2 is 2.00 bits per heavy atom. The van der Waals surface area contributed by atoms with E-state index < -0.39 is 5.97 Å².